The summed E-state index contributed by atoms with van der Waals surface area (Å²) in [4.78, 5) is 21.2. The van der Waals surface area contributed by atoms with Crippen molar-refractivity contribution in [3.05, 3.63) is 53.0 Å². The molecule has 7 heteroatoms. The second-order valence-electron chi connectivity index (χ2n) is 8.13. The Hall–Kier alpha value is -2.64. The van der Waals surface area contributed by atoms with E-state index in [4.69, 9.17) is 0 Å². The highest BCUT2D eigenvalue weighted by molar-refractivity contribution is 7.21. The molecule has 0 radical (unpaired) electrons. The Morgan fingerprint density at radius 2 is 1.97 bits per heavy atom. The molecule has 2 saturated heterocycles. The first kappa shape index (κ1) is 19.3. The van der Waals surface area contributed by atoms with Gasteiger partial charge in [-0.05, 0) is 49.1 Å². The quantitative estimate of drug-likeness (QED) is 0.570. The van der Waals surface area contributed by atoms with Crippen LogP contribution < -0.4 is 20.9 Å². The van der Waals surface area contributed by atoms with Gasteiger partial charge in [0, 0.05) is 56.0 Å². The molecular weight excluding hydrogens is 394 g/mol. The zero-order valence-electron chi connectivity index (χ0n) is 17.1. The van der Waals surface area contributed by atoms with Crippen molar-refractivity contribution in [1.29, 1.82) is 0 Å². The lowest BCUT2D eigenvalue weighted by Gasteiger charge is -2.34. The predicted octanol–water partition coefficient (Wildman–Crippen LogP) is 3.25. The molecule has 5 rings (SSSR count). The third-order valence-corrected chi connectivity index (χ3v) is 7.25. The summed E-state index contributed by atoms with van der Waals surface area (Å²) in [6, 6.07) is 14.0. The highest BCUT2D eigenvalue weighted by Crippen LogP contribution is 2.34. The standard InChI is InChI=1S/C23H27N5OS/c1-24-20-19-3-2-11-26-23(19)30-21(20)22(29)25-12-10-15-4-8-18(9-5-15)28-13-16-6-7-17(14-28)27-16/h2-5,8-9,11,16-17,24,27H,6-7,10,12-14H2,1H3,(H,25,29)/t16-,17+. The van der Waals surface area contributed by atoms with E-state index in [1.165, 1.54) is 35.4 Å². The van der Waals surface area contributed by atoms with Crippen LogP contribution in [-0.2, 0) is 6.42 Å². The molecule has 2 aliphatic heterocycles. The molecule has 2 bridgehead atoms. The van der Waals surface area contributed by atoms with E-state index < -0.39 is 0 Å². The lowest BCUT2D eigenvalue weighted by atomic mass is 10.1. The Morgan fingerprint density at radius 1 is 1.20 bits per heavy atom. The molecule has 30 heavy (non-hydrogen) atoms. The third-order valence-electron chi connectivity index (χ3n) is 6.14. The van der Waals surface area contributed by atoms with E-state index in [2.05, 4.69) is 50.1 Å². The number of piperazine rings is 1. The molecule has 0 unspecified atom stereocenters. The van der Waals surface area contributed by atoms with Crippen LogP contribution in [0.5, 0.6) is 0 Å². The smallest absolute Gasteiger partial charge is 0.263 e. The summed E-state index contributed by atoms with van der Waals surface area (Å²) in [5.41, 5.74) is 3.40. The van der Waals surface area contributed by atoms with Gasteiger partial charge in [-0.1, -0.05) is 12.1 Å². The van der Waals surface area contributed by atoms with E-state index in [0.717, 1.165) is 35.4 Å². The van der Waals surface area contributed by atoms with Crippen LogP contribution in [0.1, 0.15) is 28.1 Å². The third kappa shape index (κ3) is 3.75. The van der Waals surface area contributed by atoms with Crippen molar-refractivity contribution in [1.82, 2.24) is 15.6 Å². The van der Waals surface area contributed by atoms with Crippen LogP contribution in [0, 0.1) is 0 Å². The SMILES string of the molecule is CNc1c(C(=O)NCCc2ccc(N3C[C@H]4CC[C@@H](C3)N4)cc2)sc2ncccc12. The van der Waals surface area contributed by atoms with Gasteiger partial charge < -0.3 is 20.9 Å². The summed E-state index contributed by atoms with van der Waals surface area (Å²) >= 11 is 1.43. The molecule has 0 spiro atoms. The molecule has 0 aliphatic carbocycles. The number of hydrogen-bond donors (Lipinski definition) is 3. The zero-order valence-corrected chi connectivity index (χ0v) is 18.0. The molecule has 0 saturated carbocycles. The van der Waals surface area contributed by atoms with Crippen LogP contribution in [0.25, 0.3) is 10.2 Å². The number of benzene rings is 1. The van der Waals surface area contributed by atoms with Crippen molar-refractivity contribution in [2.45, 2.75) is 31.3 Å². The van der Waals surface area contributed by atoms with Gasteiger partial charge in [-0.25, -0.2) is 4.98 Å². The van der Waals surface area contributed by atoms with E-state index in [0.29, 0.717) is 23.5 Å². The average molecular weight is 422 g/mol. The van der Waals surface area contributed by atoms with Gasteiger partial charge in [0.25, 0.3) is 5.91 Å². The average Bonchev–Trinajstić information content (AvgIpc) is 3.33. The van der Waals surface area contributed by atoms with Crippen molar-refractivity contribution < 1.29 is 4.79 Å². The molecular formula is C23H27N5OS. The van der Waals surface area contributed by atoms with E-state index in [-0.39, 0.29) is 5.91 Å². The Balaban J connectivity index is 1.18. The summed E-state index contributed by atoms with van der Waals surface area (Å²) in [5.74, 6) is -0.0461. The van der Waals surface area contributed by atoms with Crippen molar-refractivity contribution >= 4 is 38.8 Å². The van der Waals surface area contributed by atoms with Gasteiger partial charge in [0.05, 0.1) is 5.69 Å². The fourth-order valence-corrected chi connectivity index (χ4v) is 5.69. The van der Waals surface area contributed by atoms with Crippen LogP contribution in [-0.4, -0.2) is 49.7 Å². The van der Waals surface area contributed by atoms with E-state index in [9.17, 15) is 4.79 Å². The first-order chi connectivity index (χ1) is 14.7. The molecule has 156 valence electrons. The van der Waals surface area contributed by atoms with Gasteiger partial charge in [0.2, 0.25) is 0 Å². The number of carbonyl (C=O) groups is 1. The minimum atomic E-state index is -0.0461. The molecule has 1 aromatic carbocycles. The van der Waals surface area contributed by atoms with Crippen molar-refractivity contribution in [2.24, 2.45) is 0 Å². The Kier molecular flexibility index (Phi) is 5.31. The molecule has 3 N–H and O–H groups in total. The fraction of sp³-hybridized carbons (Fsp3) is 0.391. The number of hydrogen-bond acceptors (Lipinski definition) is 6. The molecule has 4 heterocycles. The maximum Gasteiger partial charge on any atom is 0.263 e. The van der Waals surface area contributed by atoms with E-state index in [1.807, 2.05) is 19.2 Å². The lowest BCUT2D eigenvalue weighted by molar-refractivity contribution is 0.0959. The number of fused-ring (bicyclic) bond motifs is 3. The molecule has 6 nitrogen and oxygen atoms in total. The Labute approximate surface area is 180 Å². The Bertz CT molecular complexity index is 1040. The van der Waals surface area contributed by atoms with Gasteiger partial charge in [-0.15, -0.1) is 11.3 Å². The molecule has 2 fully saturated rings. The highest BCUT2D eigenvalue weighted by Gasteiger charge is 2.32. The van der Waals surface area contributed by atoms with Crippen LogP contribution in [0.3, 0.4) is 0 Å². The summed E-state index contributed by atoms with van der Waals surface area (Å²) in [6.07, 6.45) is 5.17. The number of amides is 1. The van der Waals surface area contributed by atoms with Gasteiger partial charge in [-0.2, -0.15) is 0 Å². The maximum absolute atomic E-state index is 12.7. The second-order valence-corrected chi connectivity index (χ2v) is 9.13. The lowest BCUT2D eigenvalue weighted by Crippen LogP contribution is -2.51. The summed E-state index contributed by atoms with van der Waals surface area (Å²) in [6.45, 7) is 2.81. The van der Waals surface area contributed by atoms with E-state index >= 15 is 0 Å². The summed E-state index contributed by atoms with van der Waals surface area (Å²) in [5, 5.41) is 10.9. The van der Waals surface area contributed by atoms with E-state index in [1.54, 1.807) is 6.20 Å². The second kappa shape index (κ2) is 8.24. The monoisotopic (exact) mass is 421 g/mol. The molecule has 2 aliphatic rings. The number of carbonyl (C=O) groups excluding carboxylic acids is 1. The zero-order chi connectivity index (χ0) is 20.5. The maximum atomic E-state index is 12.7. The van der Waals surface area contributed by atoms with Crippen LogP contribution in [0.4, 0.5) is 11.4 Å². The van der Waals surface area contributed by atoms with Crippen molar-refractivity contribution in [3.8, 4) is 0 Å². The summed E-state index contributed by atoms with van der Waals surface area (Å²) in [7, 11) is 1.84. The largest absolute Gasteiger partial charge is 0.386 e. The summed E-state index contributed by atoms with van der Waals surface area (Å²) < 4.78 is 0. The molecule has 2 atom stereocenters. The predicted molar refractivity (Wildman–Crippen MR) is 124 cm³/mol. The number of nitrogens with one attached hydrogen (secondary N) is 3. The number of aromatic nitrogens is 1. The van der Waals surface area contributed by atoms with Crippen molar-refractivity contribution in [2.75, 3.05) is 36.9 Å². The molecule has 2 aromatic heterocycles. The number of rotatable bonds is 6. The normalized spacial score (nSPS) is 20.5. The van der Waals surface area contributed by atoms with Gasteiger partial charge >= 0.3 is 0 Å². The molecule has 1 amide bonds. The number of thiophene rings is 1. The number of anilines is 2. The minimum absolute atomic E-state index is 0.0461. The van der Waals surface area contributed by atoms with Gasteiger partial charge in [0.1, 0.15) is 9.71 Å². The van der Waals surface area contributed by atoms with Crippen LogP contribution >= 0.6 is 11.3 Å². The topological polar surface area (TPSA) is 69.3 Å². The van der Waals surface area contributed by atoms with Gasteiger partial charge in [0.15, 0.2) is 0 Å². The van der Waals surface area contributed by atoms with Gasteiger partial charge in [-0.3, -0.25) is 4.79 Å². The first-order valence-electron chi connectivity index (χ1n) is 10.6. The minimum Gasteiger partial charge on any atom is -0.386 e. The van der Waals surface area contributed by atoms with Crippen molar-refractivity contribution in [3.63, 3.8) is 0 Å². The number of nitrogens with zero attached hydrogens (tertiary/aromatic N) is 2. The Morgan fingerprint density at radius 3 is 2.70 bits per heavy atom. The first-order valence-corrected chi connectivity index (χ1v) is 11.5. The van der Waals surface area contributed by atoms with Crippen LogP contribution in [0.2, 0.25) is 0 Å². The fourth-order valence-electron chi connectivity index (χ4n) is 4.62. The highest BCUT2D eigenvalue weighted by atomic mass is 32.1. The number of pyridine rings is 1. The van der Waals surface area contributed by atoms with Crippen LogP contribution in [0.15, 0.2) is 42.6 Å². The molecule has 3 aromatic rings.